The molecular formula is C13H21N5O2. The van der Waals surface area contributed by atoms with E-state index in [4.69, 9.17) is 0 Å². The van der Waals surface area contributed by atoms with Crippen LogP contribution >= 0.6 is 0 Å². The molecule has 0 fully saturated rings. The second-order valence-electron chi connectivity index (χ2n) is 4.38. The maximum atomic E-state index is 12.4. The number of aromatic nitrogens is 2. The molecule has 0 aliphatic carbocycles. The summed E-state index contributed by atoms with van der Waals surface area (Å²) in [6, 6.07) is 3.69. The van der Waals surface area contributed by atoms with Gasteiger partial charge in [0.15, 0.2) is 5.52 Å². The fourth-order valence-electron chi connectivity index (χ4n) is 2.27. The molecule has 0 aliphatic heterocycles. The van der Waals surface area contributed by atoms with Gasteiger partial charge >= 0.3 is 5.95 Å². The molecule has 7 heteroatoms. The summed E-state index contributed by atoms with van der Waals surface area (Å²) in [5.41, 5.74) is 2.31. The summed E-state index contributed by atoms with van der Waals surface area (Å²) in [5.74, 6) is 0.118. The van der Waals surface area contributed by atoms with Gasteiger partial charge in [-0.05, 0) is 32.9 Å². The van der Waals surface area contributed by atoms with Gasteiger partial charge < -0.3 is 21.0 Å². The van der Waals surface area contributed by atoms with E-state index in [0.717, 1.165) is 15.1 Å². The topological polar surface area (TPSA) is 88.2 Å². The summed E-state index contributed by atoms with van der Waals surface area (Å²) in [4.78, 5) is 0. The van der Waals surface area contributed by atoms with Gasteiger partial charge in [0, 0.05) is 13.1 Å². The molecule has 0 spiro atoms. The van der Waals surface area contributed by atoms with Crippen LogP contribution in [0.2, 0.25) is 0 Å². The number of hydrogen-bond acceptors (Lipinski definition) is 5. The van der Waals surface area contributed by atoms with E-state index in [1.807, 2.05) is 32.9 Å². The lowest BCUT2D eigenvalue weighted by Gasteiger charge is -2.10. The molecule has 0 saturated heterocycles. The Balaban J connectivity index is 2.75. The minimum atomic E-state index is 0.118. The average molecular weight is 279 g/mol. The molecule has 0 atom stereocenters. The van der Waals surface area contributed by atoms with E-state index in [9.17, 15) is 10.4 Å². The van der Waals surface area contributed by atoms with E-state index in [1.54, 1.807) is 0 Å². The van der Waals surface area contributed by atoms with Gasteiger partial charge in [0.2, 0.25) is 5.52 Å². The number of benzene rings is 1. The van der Waals surface area contributed by atoms with Crippen LogP contribution in [-0.4, -0.2) is 29.6 Å². The van der Waals surface area contributed by atoms with E-state index in [1.165, 1.54) is 0 Å². The van der Waals surface area contributed by atoms with Crippen LogP contribution < -0.4 is 20.7 Å². The van der Waals surface area contributed by atoms with Crippen molar-refractivity contribution in [3.63, 3.8) is 0 Å². The van der Waals surface area contributed by atoms with E-state index < -0.39 is 0 Å². The van der Waals surface area contributed by atoms with E-state index in [2.05, 4.69) is 16.0 Å². The molecule has 0 aliphatic rings. The third kappa shape index (κ3) is 2.15. The number of nitrogens with zero attached hydrogens (tertiary/aromatic N) is 2. The fraction of sp³-hybridized carbons (Fsp3) is 0.462. The molecule has 110 valence electrons. The highest BCUT2D eigenvalue weighted by Crippen LogP contribution is 2.30. The SMILES string of the molecule is CCNc1ccc(NCC)c2c1n(O)c(NCC)[n+]2[O-]. The first-order valence-electron chi connectivity index (χ1n) is 6.87. The second-order valence-corrected chi connectivity index (χ2v) is 4.38. The van der Waals surface area contributed by atoms with Gasteiger partial charge in [-0.25, -0.2) is 4.73 Å². The number of fused-ring (bicyclic) bond motifs is 1. The lowest BCUT2D eigenvalue weighted by atomic mass is 10.2. The Hall–Kier alpha value is -2.31. The van der Waals surface area contributed by atoms with Gasteiger partial charge in [0.1, 0.15) is 0 Å². The van der Waals surface area contributed by atoms with Crippen molar-refractivity contribution in [1.82, 2.24) is 4.73 Å². The van der Waals surface area contributed by atoms with Crippen LogP contribution in [0.15, 0.2) is 12.1 Å². The molecule has 4 N–H and O–H groups in total. The Labute approximate surface area is 117 Å². The molecule has 1 aromatic heterocycles. The van der Waals surface area contributed by atoms with Crippen LogP contribution in [0.3, 0.4) is 0 Å². The number of nitrogens with one attached hydrogen (secondary N) is 3. The molecule has 20 heavy (non-hydrogen) atoms. The van der Waals surface area contributed by atoms with Gasteiger partial charge in [-0.3, -0.25) is 5.32 Å². The summed E-state index contributed by atoms with van der Waals surface area (Å²) < 4.78 is 1.63. The largest absolute Gasteiger partial charge is 0.740 e. The van der Waals surface area contributed by atoms with Crippen LogP contribution in [0.1, 0.15) is 20.8 Å². The van der Waals surface area contributed by atoms with Crippen molar-refractivity contribution in [2.45, 2.75) is 20.8 Å². The molecular weight excluding hydrogens is 258 g/mol. The predicted octanol–water partition coefficient (Wildman–Crippen LogP) is 1.81. The third-order valence-corrected chi connectivity index (χ3v) is 3.03. The first kappa shape index (κ1) is 14.1. The van der Waals surface area contributed by atoms with Crippen molar-refractivity contribution in [2.24, 2.45) is 0 Å². The Kier molecular flexibility index (Phi) is 4.07. The van der Waals surface area contributed by atoms with Gasteiger partial charge in [0.05, 0.1) is 17.9 Å². The zero-order valence-electron chi connectivity index (χ0n) is 12.0. The molecule has 2 aromatic rings. The molecule has 1 aromatic carbocycles. The normalized spacial score (nSPS) is 10.8. The van der Waals surface area contributed by atoms with Crippen molar-refractivity contribution < 1.29 is 9.94 Å². The van der Waals surface area contributed by atoms with Gasteiger partial charge in [-0.1, -0.05) is 4.73 Å². The summed E-state index contributed by atoms with van der Waals surface area (Å²) in [7, 11) is 0. The molecule has 0 amide bonds. The zero-order chi connectivity index (χ0) is 14.7. The Morgan fingerprint density at radius 3 is 2.20 bits per heavy atom. The van der Waals surface area contributed by atoms with Crippen LogP contribution in [0.4, 0.5) is 17.3 Å². The predicted molar refractivity (Wildman–Crippen MR) is 80.6 cm³/mol. The highest BCUT2D eigenvalue weighted by molar-refractivity contribution is 5.96. The fourth-order valence-corrected chi connectivity index (χ4v) is 2.27. The monoisotopic (exact) mass is 279 g/mol. The first-order chi connectivity index (χ1) is 9.65. The highest BCUT2D eigenvalue weighted by atomic mass is 16.5. The first-order valence-corrected chi connectivity index (χ1v) is 6.87. The Bertz CT molecular complexity index is 560. The maximum absolute atomic E-state index is 12.4. The average Bonchev–Trinajstić information content (AvgIpc) is 2.68. The van der Waals surface area contributed by atoms with E-state index >= 15 is 0 Å². The molecule has 0 radical (unpaired) electrons. The quantitative estimate of drug-likeness (QED) is 0.368. The molecule has 0 saturated carbocycles. The van der Waals surface area contributed by atoms with Crippen molar-refractivity contribution in [3.8, 4) is 0 Å². The Morgan fingerprint density at radius 2 is 1.60 bits per heavy atom. The smallest absolute Gasteiger partial charge is 0.395 e. The van der Waals surface area contributed by atoms with Crippen molar-refractivity contribution in [1.29, 1.82) is 0 Å². The van der Waals surface area contributed by atoms with Crippen molar-refractivity contribution >= 4 is 28.4 Å². The highest BCUT2D eigenvalue weighted by Gasteiger charge is 2.24. The number of hydrogen-bond donors (Lipinski definition) is 4. The molecule has 7 nitrogen and oxygen atoms in total. The van der Waals surface area contributed by atoms with Gasteiger partial charge in [-0.15, -0.1) is 0 Å². The minimum Gasteiger partial charge on any atom is -0.740 e. The number of imidazole rings is 1. The minimum absolute atomic E-state index is 0.118. The van der Waals surface area contributed by atoms with Crippen molar-refractivity contribution in [2.75, 3.05) is 35.6 Å². The summed E-state index contributed by atoms with van der Waals surface area (Å²) in [6.45, 7) is 7.74. The molecule has 0 bridgehead atoms. The number of anilines is 3. The second kappa shape index (κ2) is 5.77. The van der Waals surface area contributed by atoms with Crippen LogP contribution in [0, 0.1) is 5.21 Å². The standard InChI is InChI=1S/C13H21N5O2/c1-4-14-9-7-8-10(15-5-2)12-11(9)17(19)13(16-6-3)18(12)20/h7-8,14-16,19H,4-6H2,1-3H3. The van der Waals surface area contributed by atoms with Crippen LogP contribution in [0.5, 0.6) is 0 Å². The molecule has 1 heterocycles. The van der Waals surface area contributed by atoms with Gasteiger partial charge in [-0.2, -0.15) is 0 Å². The van der Waals surface area contributed by atoms with E-state index in [-0.39, 0.29) is 5.95 Å². The number of rotatable bonds is 6. The van der Waals surface area contributed by atoms with Crippen molar-refractivity contribution in [3.05, 3.63) is 17.3 Å². The van der Waals surface area contributed by atoms with E-state index in [0.29, 0.717) is 36.4 Å². The zero-order valence-corrected chi connectivity index (χ0v) is 12.0. The summed E-state index contributed by atoms with van der Waals surface area (Å²) >= 11 is 0. The summed E-state index contributed by atoms with van der Waals surface area (Å²) in [6.07, 6.45) is 0. The third-order valence-electron chi connectivity index (χ3n) is 3.03. The Morgan fingerprint density at radius 1 is 1.05 bits per heavy atom. The van der Waals surface area contributed by atoms with Gasteiger partial charge in [0.25, 0.3) is 0 Å². The molecule has 2 rings (SSSR count). The lowest BCUT2D eigenvalue weighted by molar-refractivity contribution is -0.563. The summed E-state index contributed by atoms with van der Waals surface area (Å²) in [5, 5.41) is 31.8. The van der Waals surface area contributed by atoms with Crippen LogP contribution in [-0.2, 0) is 0 Å². The lowest BCUT2D eigenvalue weighted by Crippen LogP contribution is -2.30. The molecule has 0 unspecified atom stereocenters. The maximum Gasteiger partial charge on any atom is 0.395 e. The van der Waals surface area contributed by atoms with Crippen LogP contribution in [0.25, 0.3) is 11.0 Å².